The van der Waals surface area contributed by atoms with Crippen LogP contribution in [0.4, 0.5) is 4.79 Å². The molecule has 1 atom stereocenters. The molecule has 1 unspecified atom stereocenters. The third-order valence-electron chi connectivity index (χ3n) is 4.13. The minimum absolute atomic E-state index is 0.254. The van der Waals surface area contributed by atoms with Crippen LogP contribution in [0.1, 0.15) is 18.1 Å². The molecule has 1 fully saturated rings. The van der Waals surface area contributed by atoms with E-state index in [1.807, 2.05) is 26.0 Å². The van der Waals surface area contributed by atoms with Gasteiger partial charge in [-0.3, -0.25) is 4.90 Å². The van der Waals surface area contributed by atoms with E-state index in [0.29, 0.717) is 26.2 Å². The number of hydrogen-bond acceptors (Lipinski definition) is 5. The van der Waals surface area contributed by atoms with Crippen LogP contribution in [0.5, 0.6) is 5.75 Å². The lowest BCUT2D eigenvalue weighted by atomic mass is 10.1. The van der Waals surface area contributed by atoms with Crippen molar-refractivity contribution in [3.63, 3.8) is 0 Å². The molecule has 6 heteroatoms. The zero-order valence-corrected chi connectivity index (χ0v) is 14.8. The lowest BCUT2D eigenvalue weighted by Gasteiger charge is -2.34. The SMILES string of the molecule is CCOC(=O)N1CCN(CC(O)COc2ccc(C)cc2C)CC1. The molecule has 0 radical (unpaired) electrons. The summed E-state index contributed by atoms with van der Waals surface area (Å²) in [4.78, 5) is 15.5. The first kappa shape index (κ1) is 18.5. The van der Waals surface area contributed by atoms with Crippen LogP contribution >= 0.6 is 0 Å². The monoisotopic (exact) mass is 336 g/mol. The van der Waals surface area contributed by atoms with E-state index >= 15 is 0 Å². The number of carbonyl (C=O) groups excluding carboxylic acids is 1. The largest absolute Gasteiger partial charge is 0.491 e. The van der Waals surface area contributed by atoms with Crippen LogP contribution in [-0.2, 0) is 4.74 Å². The minimum Gasteiger partial charge on any atom is -0.491 e. The van der Waals surface area contributed by atoms with Gasteiger partial charge in [-0.1, -0.05) is 17.7 Å². The Morgan fingerprint density at radius 1 is 1.25 bits per heavy atom. The van der Waals surface area contributed by atoms with Crippen molar-refractivity contribution in [2.45, 2.75) is 26.9 Å². The Morgan fingerprint density at radius 2 is 1.96 bits per heavy atom. The molecule has 0 aliphatic carbocycles. The number of β-amino-alcohol motifs (C(OH)–C–C–N with tert-alkyl or cyclic N) is 1. The average Bonchev–Trinajstić information content (AvgIpc) is 2.55. The maximum Gasteiger partial charge on any atom is 0.409 e. The highest BCUT2D eigenvalue weighted by Gasteiger charge is 2.23. The first-order chi connectivity index (χ1) is 11.5. The summed E-state index contributed by atoms with van der Waals surface area (Å²) in [5.41, 5.74) is 2.27. The van der Waals surface area contributed by atoms with Crippen LogP contribution in [0.15, 0.2) is 18.2 Å². The zero-order chi connectivity index (χ0) is 17.5. The lowest BCUT2D eigenvalue weighted by Crippen LogP contribution is -2.51. The highest BCUT2D eigenvalue weighted by Crippen LogP contribution is 2.19. The molecule has 1 aliphatic rings. The van der Waals surface area contributed by atoms with E-state index in [2.05, 4.69) is 11.0 Å². The standard InChI is InChI=1S/C18H28N2O4/c1-4-23-18(22)20-9-7-19(8-10-20)12-16(21)13-24-17-6-5-14(2)11-15(17)3/h5-6,11,16,21H,4,7-10,12-13H2,1-3H3. The second-order valence-electron chi connectivity index (χ2n) is 6.22. The quantitative estimate of drug-likeness (QED) is 0.858. The van der Waals surface area contributed by atoms with Gasteiger partial charge in [0.1, 0.15) is 18.5 Å². The summed E-state index contributed by atoms with van der Waals surface area (Å²) in [6.07, 6.45) is -0.810. The van der Waals surface area contributed by atoms with Gasteiger partial charge in [-0.15, -0.1) is 0 Å². The Balaban J connectivity index is 1.71. The summed E-state index contributed by atoms with van der Waals surface area (Å²) in [7, 11) is 0. The average molecular weight is 336 g/mol. The molecule has 1 amide bonds. The van der Waals surface area contributed by atoms with Crippen molar-refractivity contribution in [2.24, 2.45) is 0 Å². The topological polar surface area (TPSA) is 62.2 Å². The second-order valence-corrected chi connectivity index (χ2v) is 6.22. The van der Waals surface area contributed by atoms with Gasteiger partial charge in [0.15, 0.2) is 0 Å². The number of benzene rings is 1. The lowest BCUT2D eigenvalue weighted by molar-refractivity contribution is 0.0406. The number of aryl methyl sites for hydroxylation is 2. The Labute approximate surface area is 144 Å². The summed E-state index contributed by atoms with van der Waals surface area (Å²) in [6.45, 7) is 9.79. The van der Waals surface area contributed by atoms with Crippen LogP contribution in [-0.4, -0.2) is 73.0 Å². The van der Waals surface area contributed by atoms with Crippen molar-refractivity contribution in [1.82, 2.24) is 9.80 Å². The molecule has 1 aromatic rings. The van der Waals surface area contributed by atoms with Gasteiger partial charge < -0.3 is 19.5 Å². The van der Waals surface area contributed by atoms with Gasteiger partial charge in [0, 0.05) is 32.7 Å². The molecular formula is C18H28N2O4. The predicted molar refractivity (Wildman–Crippen MR) is 92.5 cm³/mol. The Kier molecular flexibility index (Phi) is 6.87. The molecule has 0 spiro atoms. The van der Waals surface area contributed by atoms with Gasteiger partial charge in [0.25, 0.3) is 0 Å². The number of rotatable bonds is 6. The first-order valence-electron chi connectivity index (χ1n) is 8.51. The molecule has 134 valence electrons. The summed E-state index contributed by atoms with van der Waals surface area (Å²) < 4.78 is 10.7. The molecule has 1 aliphatic heterocycles. The van der Waals surface area contributed by atoms with Crippen molar-refractivity contribution >= 4 is 6.09 Å². The van der Waals surface area contributed by atoms with E-state index in [1.54, 1.807) is 11.8 Å². The molecule has 0 saturated carbocycles. The number of ether oxygens (including phenoxy) is 2. The second kappa shape index (κ2) is 8.89. The van der Waals surface area contributed by atoms with E-state index in [9.17, 15) is 9.90 Å². The smallest absolute Gasteiger partial charge is 0.409 e. The van der Waals surface area contributed by atoms with E-state index in [0.717, 1.165) is 24.4 Å². The summed E-state index contributed by atoms with van der Waals surface area (Å²) >= 11 is 0. The molecule has 2 rings (SSSR count). The van der Waals surface area contributed by atoms with Gasteiger partial charge in [0.2, 0.25) is 0 Å². The van der Waals surface area contributed by atoms with Crippen LogP contribution in [0.2, 0.25) is 0 Å². The number of piperazine rings is 1. The van der Waals surface area contributed by atoms with Crippen LogP contribution in [0, 0.1) is 13.8 Å². The molecular weight excluding hydrogens is 308 g/mol. The summed E-state index contributed by atoms with van der Waals surface area (Å²) in [6, 6.07) is 6.01. The van der Waals surface area contributed by atoms with Gasteiger partial charge in [-0.05, 0) is 32.4 Å². The number of hydrogen-bond donors (Lipinski definition) is 1. The minimum atomic E-state index is -0.556. The summed E-state index contributed by atoms with van der Waals surface area (Å²) in [5.74, 6) is 0.812. The number of carbonyl (C=O) groups is 1. The fourth-order valence-electron chi connectivity index (χ4n) is 2.83. The number of nitrogens with zero attached hydrogens (tertiary/aromatic N) is 2. The fraction of sp³-hybridized carbons (Fsp3) is 0.611. The van der Waals surface area contributed by atoms with Crippen molar-refractivity contribution in [1.29, 1.82) is 0 Å². The predicted octanol–water partition coefficient (Wildman–Crippen LogP) is 1.82. The van der Waals surface area contributed by atoms with Crippen molar-refractivity contribution in [3.8, 4) is 5.75 Å². The van der Waals surface area contributed by atoms with Crippen LogP contribution in [0.25, 0.3) is 0 Å². The summed E-state index contributed by atoms with van der Waals surface area (Å²) in [5, 5.41) is 10.2. The molecule has 1 saturated heterocycles. The van der Waals surface area contributed by atoms with Gasteiger partial charge in [-0.25, -0.2) is 4.79 Å². The Morgan fingerprint density at radius 3 is 2.58 bits per heavy atom. The Hall–Kier alpha value is -1.79. The molecule has 6 nitrogen and oxygen atoms in total. The number of amides is 1. The molecule has 1 N–H and O–H groups in total. The number of aliphatic hydroxyl groups excluding tert-OH is 1. The first-order valence-corrected chi connectivity index (χ1v) is 8.51. The van der Waals surface area contributed by atoms with Crippen molar-refractivity contribution in [2.75, 3.05) is 45.9 Å². The molecule has 1 heterocycles. The third-order valence-corrected chi connectivity index (χ3v) is 4.13. The normalized spacial score (nSPS) is 16.8. The van der Waals surface area contributed by atoms with Crippen LogP contribution in [0.3, 0.4) is 0 Å². The maximum absolute atomic E-state index is 11.7. The fourth-order valence-corrected chi connectivity index (χ4v) is 2.83. The highest BCUT2D eigenvalue weighted by atomic mass is 16.6. The van der Waals surface area contributed by atoms with Crippen molar-refractivity contribution in [3.05, 3.63) is 29.3 Å². The van der Waals surface area contributed by atoms with E-state index in [-0.39, 0.29) is 12.7 Å². The van der Waals surface area contributed by atoms with Gasteiger partial charge in [-0.2, -0.15) is 0 Å². The van der Waals surface area contributed by atoms with E-state index in [1.165, 1.54) is 5.56 Å². The molecule has 0 aromatic heterocycles. The molecule has 1 aromatic carbocycles. The van der Waals surface area contributed by atoms with Crippen LogP contribution < -0.4 is 4.74 Å². The Bertz CT molecular complexity index is 542. The van der Waals surface area contributed by atoms with E-state index in [4.69, 9.17) is 9.47 Å². The molecule has 0 bridgehead atoms. The highest BCUT2D eigenvalue weighted by molar-refractivity contribution is 5.67. The molecule has 24 heavy (non-hydrogen) atoms. The third kappa shape index (κ3) is 5.39. The van der Waals surface area contributed by atoms with Gasteiger partial charge in [0.05, 0.1) is 6.61 Å². The van der Waals surface area contributed by atoms with Gasteiger partial charge >= 0.3 is 6.09 Å². The zero-order valence-electron chi connectivity index (χ0n) is 14.8. The maximum atomic E-state index is 11.7. The number of aliphatic hydroxyl groups is 1. The van der Waals surface area contributed by atoms with E-state index < -0.39 is 6.10 Å². The van der Waals surface area contributed by atoms with Crippen molar-refractivity contribution < 1.29 is 19.4 Å².